The molecule has 1 unspecified atom stereocenters. The van der Waals surface area contributed by atoms with Gasteiger partial charge >= 0.3 is 0 Å². The summed E-state index contributed by atoms with van der Waals surface area (Å²) in [6.45, 7) is 5.51. The van der Waals surface area contributed by atoms with Crippen LogP contribution >= 0.6 is 0 Å². The van der Waals surface area contributed by atoms with E-state index in [1.807, 2.05) is 30.3 Å². The summed E-state index contributed by atoms with van der Waals surface area (Å²) >= 11 is 0. The van der Waals surface area contributed by atoms with E-state index in [0.29, 0.717) is 0 Å². The van der Waals surface area contributed by atoms with Gasteiger partial charge in [-0.15, -0.1) is 0 Å². The molecule has 0 aliphatic carbocycles. The van der Waals surface area contributed by atoms with E-state index in [1.165, 1.54) is 57.8 Å². The number of hydrogen-bond acceptors (Lipinski definition) is 1. The van der Waals surface area contributed by atoms with Crippen LogP contribution < -0.4 is 4.74 Å². The predicted molar refractivity (Wildman–Crippen MR) is 88.3 cm³/mol. The monoisotopic (exact) mass is 276 g/mol. The van der Waals surface area contributed by atoms with Crippen LogP contribution in [0.3, 0.4) is 0 Å². The van der Waals surface area contributed by atoms with Gasteiger partial charge in [0.1, 0.15) is 5.75 Å². The van der Waals surface area contributed by atoms with Gasteiger partial charge in [0.05, 0.1) is 6.61 Å². The largest absolute Gasteiger partial charge is 0.494 e. The molecule has 1 heteroatoms. The Hall–Kier alpha value is -0.980. The van der Waals surface area contributed by atoms with Crippen LogP contribution in [0.1, 0.15) is 71.6 Å². The molecule has 0 saturated heterocycles. The first kappa shape index (κ1) is 17.1. The molecule has 0 heterocycles. The first-order valence-corrected chi connectivity index (χ1v) is 8.50. The molecule has 1 aromatic rings. The Labute approximate surface area is 125 Å². The Balaban J connectivity index is 1.91. The van der Waals surface area contributed by atoms with E-state index in [2.05, 4.69) is 13.8 Å². The van der Waals surface area contributed by atoms with Crippen molar-refractivity contribution < 1.29 is 4.74 Å². The SMILES string of the molecule is CCCCCCCCC(C)CCCOc1ccccc1. The molecule has 0 aliphatic heterocycles. The summed E-state index contributed by atoms with van der Waals surface area (Å²) in [5, 5.41) is 0. The Kier molecular flexibility index (Phi) is 10.1. The molecule has 0 radical (unpaired) electrons. The average Bonchev–Trinajstić information content (AvgIpc) is 2.48. The zero-order valence-corrected chi connectivity index (χ0v) is 13.4. The van der Waals surface area contributed by atoms with Crippen molar-refractivity contribution in [3.8, 4) is 5.75 Å². The summed E-state index contributed by atoms with van der Waals surface area (Å²) in [7, 11) is 0. The van der Waals surface area contributed by atoms with E-state index in [1.54, 1.807) is 0 Å². The third-order valence-corrected chi connectivity index (χ3v) is 3.90. The molecule has 114 valence electrons. The minimum atomic E-state index is 0.848. The topological polar surface area (TPSA) is 9.23 Å². The second-order valence-electron chi connectivity index (χ2n) is 5.97. The van der Waals surface area contributed by atoms with Gasteiger partial charge in [-0.1, -0.05) is 77.0 Å². The Bertz CT molecular complexity index is 307. The molecule has 0 spiro atoms. The van der Waals surface area contributed by atoms with Gasteiger partial charge in [0.15, 0.2) is 0 Å². The van der Waals surface area contributed by atoms with Gasteiger partial charge in [0, 0.05) is 0 Å². The molecule has 1 nitrogen and oxygen atoms in total. The second kappa shape index (κ2) is 11.8. The molecule has 0 N–H and O–H groups in total. The summed E-state index contributed by atoms with van der Waals surface area (Å²) in [5.41, 5.74) is 0. The summed E-state index contributed by atoms with van der Waals surface area (Å²) in [4.78, 5) is 0. The highest BCUT2D eigenvalue weighted by atomic mass is 16.5. The first-order chi connectivity index (χ1) is 9.83. The van der Waals surface area contributed by atoms with Gasteiger partial charge < -0.3 is 4.74 Å². The normalized spacial score (nSPS) is 12.3. The fraction of sp³-hybridized carbons (Fsp3) is 0.684. The fourth-order valence-corrected chi connectivity index (χ4v) is 2.56. The number of unbranched alkanes of at least 4 members (excludes halogenated alkanes) is 5. The van der Waals surface area contributed by atoms with Crippen LogP contribution in [0.4, 0.5) is 0 Å². The predicted octanol–water partition coefficient (Wildman–Crippen LogP) is 6.23. The molecule has 1 aromatic carbocycles. The number of rotatable bonds is 12. The highest BCUT2D eigenvalue weighted by Crippen LogP contribution is 2.17. The number of benzene rings is 1. The van der Waals surface area contributed by atoms with Crippen LogP contribution in [0.5, 0.6) is 5.75 Å². The van der Waals surface area contributed by atoms with Crippen molar-refractivity contribution in [2.45, 2.75) is 71.6 Å². The maximum absolute atomic E-state index is 5.73. The summed E-state index contributed by atoms with van der Waals surface area (Å²) < 4.78 is 5.73. The van der Waals surface area contributed by atoms with E-state index in [9.17, 15) is 0 Å². The number of hydrogen-bond donors (Lipinski definition) is 0. The zero-order chi connectivity index (χ0) is 14.5. The van der Waals surface area contributed by atoms with Crippen LogP contribution in [0.2, 0.25) is 0 Å². The Morgan fingerprint density at radius 3 is 2.25 bits per heavy atom. The quantitative estimate of drug-likeness (QED) is 0.411. The summed E-state index contributed by atoms with van der Waals surface area (Å²) in [6, 6.07) is 10.1. The molecule has 0 aromatic heterocycles. The fourth-order valence-electron chi connectivity index (χ4n) is 2.56. The lowest BCUT2D eigenvalue weighted by molar-refractivity contribution is 0.291. The zero-order valence-electron chi connectivity index (χ0n) is 13.4. The molecule has 0 bridgehead atoms. The third kappa shape index (κ3) is 9.01. The van der Waals surface area contributed by atoms with Gasteiger partial charge in [-0.2, -0.15) is 0 Å². The lowest BCUT2D eigenvalue weighted by atomic mass is 9.98. The van der Waals surface area contributed by atoms with Crippen molar-refractivity contribution in [2.75, 3.05) is 6.61 Å². The molecular weight excluding hydrogens is 244 g/mol. The van der Waals surface area contributed by atoms with Crippen molar-refractivity contribution in [1.82, 2.24) is 0 Å². The van der Waals surface area contributed by atoms with E-state index in [4.69, 9.17) is 4.74 Å². The van der Waals surface area contributed by atoms with E-state index in [0.717, 1.165) is 18.3 Å². The molecule has 1 atom stereocenters. The van der Waals surface area contributed by atoms with Crippen molar-refractivity contribution >= 4 is 0 Å². The Morgan fingerprint density at radius 1 is 0.850 bits per heavy atom. The average molecular weight is 276 g/mol. The van der Waals surface area contributed by atoms with Crippen LogP contribution in [-0.2, 0) is 0 Å². The maximum atomic E-state index is 5.73. The van der Waals surface area contributed by atoms with Gasteiger partial charge in [0.2, 0.25) is 0 Å². The molecule has 1 rings (SSSR count). The minimum Gasteiger partial charge on any atom is -0.494 e. The molecule has 0 aliphatic rings. The second-order valence-corrected chi connectivity index (χ2v) is 5.97. The molecule has 0 amide bonds. The minimum absolute atomic E-state index is 0.848. The van der Waals surface area contributed by atoms with Gasteiger partial charge in [-0.05, 0) is 30.9 Å². The van der Waals surface area contributed by atoms with Crippen molar-refractivity contribution in [3.63, 3.8) is 0 Å². The molecule has 20 heavy (non-hydrogen) atoms. The Morgan fingerprint density at radius 2 is 1.50 bits per heavy atom. The first-order valence-electron chi connectivity index (χ1n) is 8.50. The molecular formula is C19H32O. The lowest BCUT2D eigenvalue weighted by Gasteiger charge is -2.11. The van der Waals surface area contributed by atoms with Crippen LogP contribution in [-0.4, -0.2) is 6.61 Å². The van der Waals surface area contributed by atoms with Gasteiger partial charge in [0.25, 0.3) is 0 Å². The summed E-state index contributed by atoms with van der Waals surface area (Å²) in [6.07, 6.45) is 12.3. The highest BCUT2D eigenvalue weighted by molar-refractivity contribution is 5.20. The van der Waals surface area contributed by atoms with Gasteiger partial charge in [-0.25, -0.2) is 0 Å². The highest BCUT2D eigenvalue weighted by Gasteiger charge is 2.02. The van der Waals surface area contributed by atoms with Crippen LogP contribution in [0.15, 0.2) is 30.3 Å². The number of para-hydroxylation sites is 1. The van der Waals surface area contributed by atoms with Crippen LogP contribution in [0.25, 0.3) is 0 Å². The van der Waals surface area contributed by atoms with Crippen molar-refractivity contribution in [1.29, 1.82) is 0 Å². The van der Waals surface area contributed by atoms with Crippen molar-refractivity contribution in [2.24, 2.45) is 5.92 Å². The molecule has 0 saturated carbocycles. The maximum Gasteiger partial charge on any atom is 0.119 e. The van der Waals surface area contributed by atoms with E-state index in [-0.39, 0.29) is 0 Å². The number of ether oxygens (including phenoxy) is 1. The van der Waals surface area contributed by atoms with Gasteiger partial charge in [-0.3, -0.25) is 0 Å². The lowest BCUT2D eigenvalue weighted by Crippen LogP contribution is -2.01. The molecule has 0 fully saturated rings. The van der Waals surface area contributed by atoms with E-state index < -0.39 is 0 Å². The van der Waals surface area contributed by atoms with Crippen LogP contribution in [0, 0.1) is 5.92 Å². The standard InChI is InChI=1S/C19H32O/c1-3-4-5-6-7-9-13-18(2)14-12-17-20-19-15-10-8-11-16-19/h8,10-11,15-16,18H,3-7,9,12-14,17H2,1-2H3. The smallest absolute Gasteiger partial charge is 0.119 e. The third-order valence-electron chi connectivity index (χ3n) is 3.90. The van der Waals surface area contributed by atoms with Crippen molar-refractivity contribution in [3.05, 3.63) is 30.3 Å². The van der Waals surface area contributed by atoms with E-state index >= 15 is 0 Å². The summed E-state index contributed by atoms with van der Waals surface area (Å²) in [5.74, 6) is 1.84.